The molecule has 0 aromatic carbocycles. The largest absolute Gasteiger partial charge is 0.355 e. The van der Waals surface area contributed by atoms with Crippen LogP contribution in [0, 0.1) is 0 Å². The predicted octanol–water partition coefficient (Wildman–Crippen LogP) is 6.16. The number of carbonyl (C=O) groups is 1. The van der Waals surface area contributed by atoms with Crippen molar-refractivity contribution in [2.75, 3.05) is 37.7 Å². The van der Waals surface area contributed by atoms with Crippen molar-refractivity contribution in [2.24, 2.45) is 0 Å². The summed E-state index contributed by atoms with van der Waals surface area (Å²) in [5.41, 5.74) is 0.795. The molecule has 2 aromatic rings. The summed E-state index contributed by atoms with van der Waals surface area (Å²) in [6.07, 6.45) is 17.2. The topological polar surface area (TPSA) is 76.4 Å². The van der Waals surface area contributed by atoms with E-state index in [9.17, 15) is 9.59 Å². The molecule has 0 atom stereocenters. The lowest BCUT2D eigenvalue weighted by atomic mass is 10.0. The molecule has 0 bridgehead atoms. The van der Waals surface area contributed by atoms with Crippen molar-refractivity contribution in [1.82, 2.24) is 14.3 Å². The number of carbonyl (C=O) groups excluding carboxylic acids is 1. The summed E-state index contributed by atoms with van der Waals surface area (Å²) in [4.78, 5) is 36.3. The number of ether oxygens (including phenoxy) is 2. The lowest BCUT2D eigenvalue weighted by molar-refractivity contribution is -0.169. The number of rotatable bonds is 13. The van der Waals surface area contributed by atoms with Crippen LogP contribution in [0.4, 0.5) is 5.82 Å². The Balaban J connectivity index is 1.25. The number of fused-ring (bicyclic) bond motifs is 1. The van der Waals surface area contributed by atoms with Crippen molar-refractivity contribution in [3.05, 3.63) is 45.2 Å². The molecular weight excluding hydrogens is 556 g/mol. The van der Waals surface area contributed by atoms with Crippen LogP contribution < -0.4 is 10.5 Å². The van der Waals surface area contributed by atoms with Gasteiger partial charge in [0.05, 0.1) is 23.7 Å². The second kappa shape index (κ2) is 14.3. The molecule has 0 aliphatic carbocycles. The summed E-state index contributed by atoms with van der Waals surface area (Å²) in [5, 5.41) is 0. The zero-order chi connectivity index (χ0) is 28.7. The Morgan fingerprint density at radius 1 is 0.976 bits per heavy atom. The SMILES string of the molecule is CCCCCCCCCCCCN1C(=O)C(=Cc2c(N3CCC4(CC3)OCCO4)nc3ccccn3c2=O)SC1=S. The molecule has 2 aromatic heterocycles. The van der Waals surface area contributed by atoms with Gasteiger partial charge >= 0.3 is 0 Å². The molecule has 3 aliphatic heterocycles. The highest BCUT2D eigenvalue weighted by molar-refractivity contribution is 8.26. The Bertz CT molecular complexity index is 1310. The monoisotopic (exact) mass is 598 g/mol. The van der Waals surface area contributed by atoms with E-state index in [1.807, 2.05) is 18.2 Å². The standard InChI is InChI=1S/C31H42N4O4S2/c1-2-3-4-5-6-7-8-9-10-12-18-35-29(37)25(41-30(35)40)23-24-27(32-26-14-11-13-17-34(26)28(24)36)33-19-15-31(16-20-33)38-21-22-39-31/h11,13-14,17,23H,2-10,12,15-16,18-22H2,1H3. The van der Waals surface area contributed by atoms with E-state index in [4.69, 9.17) is 26.7 Å². The van der Waals surface area contributed by atoms with Crippen molar-refractivity contribution in [3.63, 3.8) is 0 Å². The first kappa shape index (κ1) is 30.2. The molecule has 8 nitrogen and oxygen atoms in total. The van der Waals surface area contributed by atoms with Gasteiger partial charge < -0.3 is 14.4 Å². The Morgan fingerprint density at radius 3 is 2.32 bits per heavy atom. The minimum absolute atomic E-state index is 0.121. The summed E-state index contributed by atoms with van der Waals surface area (Å²) < 4.78 is 13.9. The number of hydrogen-bond acceptors (Lipinski definition) is 8. The van der Waals surface area contributed by atoms with Crippen molar-refractivity contribution < 1.29 is 14.3 Å². The fourth-order valence-electron chi connectivity index (χ4n) is 5.88. The van der Waals surface area contributed by atoms with E-state index in [-0.39, 0.29) is 11.5 Å². The molecule has 3 fully saturated rings. The van der Waals surface area contributed by atoms with Crippen LogP contribution in [0.5, 0.6) is 0 Å². The summed E-state index contributed by atoms with van der Waals surface area (Å²) in [7, 11) is 0. The molecule has 1 spiro atoms. The first-order chi connectivity index (χ1) is 20.0. The Hall–Kier alpha value is -2.27. The number of thiocarbonyl (C=S) groups is 1. The molecule has 0 unspecified atom stereocenters. The molecule has 0 radical (unpaired) electrons. The van der Waals surface area contributed by atoms with Crippen LogP contribution in [0.2, 0.25) is 0 Å². The van der Waals surface area contributed by atoms with Gasteiger partial charge in [-0.3, -0.25) is 18.9 Å². The van der Waals surface area contributed by atoms with Gasteiger partial charge in [0.2, 0.25) is 0 Å². The quantitative estimate of drug-likeness (QED) is 0.154. The van der Waals surface area contributed by atoms with Crippen LogP contribution in [0.15, 0.2) is 34.1 Å². The maximum Gasteiger partial charge on any atom is 0.267 e. The predicted molar refractivity (Wildman–Crippen MR) is 169 cm³/mol. The van der Waals surface area contributed by atoms with Gasteiger partial charge in [0.25, 0.3) is 11.5 Å². The number of unbranched alkanes of at least 4 members (excludes halogenated alkanes) is 9. The van der Waals surface area contributed by atoms with Gasteiger partial charge in [-0.2, -0.15) is 0 Å². The third-order valence-electron chi connectivity index (χ3n) is 8.27. The molecule has 0 saturated carbocycles. The van der Waals surface area contributed by atoms with Crippen LogP contribution in [0.3, 0.4) is 0 Å². The van der Waals surface area contributed by atoms with E-state index in [1.54, 1.807) is 17.2 Å². The van der Waals surface area contributed by atoms with Crippen molar-refractivity contribution in [3.8, 4) is 0 Å². The molecular formula is C31H42N4O4S2. The highest BCUT2D eigenvalue weighted by Crippen LogP contribution is 2.36. The zero-order valence-corrected chi connectivity index (χ0v) is 25.8. The number of piperidine rings is 1. The second-order valence-electron chi connectivity index (χ2n) is 11.2. The van der Waals surface area contributed by atoms with Crippen LogP contribution in [-0.2, 0) is 14.3 Å². The normalized spacial score (nSPS) is 19.9. The number of anilines is 1. The zero-order valence-electron chi connectivity index (χ0n) is 24.1. The molecule has 3 saturated heterocycles. The second-order valence-corrected chi connectivity index (χ2v) is 12.9. The van der Waals surface area contributed by atoms with Crippen molar-refractivity contribution >= 4 is 51.7 Å². The van der Waals surface area contributed by atoms with E-state index in [2.05, 4.69) is 11.8 Å². The van der Waals surface area contributed by atoms with Crippen LogP contribution in [-0.4, -0.2) is 63.1 Å². The lowest BCUT2D eigenvalue weighted by Gasteiger charge is -2.38. The number of amides is 1. The van der Waals surface area contributed by atoms with Crippen LogP contribution >= 0.6 is 24.0 Å². The average molecular weight is 599 g/mol. The van der Waals surface area contributed by atoms with Gasteiger partial charge in [0.1, 0.15) is 15.8 Å². The van der Waals surface area contributed by atoms with E-state index in [0.29, 0.717) is 71.9 Å². The van der Waals surface area contributed by atoms with E-state index >= 15 is 0 Å². The Morgan fingerprint density at radius 2 is 1.63 bits per heavy atom. The summed E-state index contributed by atoms with van der Waals surface area (Å²) in [6, 6.07) is 5.51. The molecule has 3 aliphatic rings. The number of aromatic nitrogens is 2. The Kier molecular flexibility index (Phi) is 10.5. The van der Waals surface area contributed by atoms with Gasteiger partial charge in [-0.05, 0) is 24.6 Å². The van der Waals surface area contributed by atoms with Gasteiger partial charge in [0, 0.05) is 38.7 Å². The molecule has 5 heterocycles. The van der Waals surface area contributed by atoms with Gasteiger partial charge in [-0.1, -0.05) is 94.8 Å². The summed E-state index contributed by atoms with van der Waals surface area (Å²) in [5.74, 6) is -0.0571. The number of thioether (sulfide) groups is 1. The lowest BCUT2D eigenvalue weighted by Crippen LogP contribution is -2.46. The number of nitrogens with zero attached hydrogens (tertiary/aromatic N) is 4. The maximum atomic E-state index is 13.7. The molecule has 41 heavy (non-hydrogen) atoms. The Labute approximate surface area is 252 Å². The fourth-order valence-corrected chi connectivity index (χ4v) is 7.17. The van der Waals surface area contributed by atoms with Gasteiger partial charge in [-0.15, -0.1) is 0 Å². The minimum atomic E-state index is -0.528. The number of pyridine rings is 1. The maximum absolute atomic E-state index is 13.7. The first-order valence-electron chi connectivity index (χ1n) is 15.3. The van der Waals surface area contributed by atoms with E-state index < -0.39 is 5.79 Å². The summed E-state index contributed by atoms with van der Waals surface area (Å²) >= 11 is 6.87. The molecule has 0 N–H and O–H groups in total. The smallest absolute Gasteiger partial charge is 0.267 e. The minimum Gasteiger partial charge on any atom is -0.355 e. The van der Waals surface area contributed by atoms with Crippen molar-refractivity contribution in [1.29, 1.82) is 0 Å². The van der Waals surface area contributed by atoms with Gasteiger partial charge in [-0.25, -0.2) is 4.98 Å². The van der Waals surface area contributed by atoms with Crippen LogP contribution in [0.25, 0.3) is 11.7 Å². The molecule has 5 rings (SSSR count). The van der Waals surface area contributed by atoms with Gasteiger partial charge in [0.15, 0.2) is 5.79 Å². The molecule has 10 heteroatoms. The summed E-state index contributed by atoms with van der Waals surface area (Å²) in [6.45, 7) is 5.39. The highest BCUT2D eigenvalue weighted by atomic mass is 32.2. The highest BCUT2D eigenvalue weighted by Gasteiger charge is 2.41. The third-order valence-corrected chi connectivity index (χ3v) is 9.65. The molecule has 1 amide bonds. The average Bonchev–Trinajstić information content (AvgIpc) is 3.55. The van der Waals surface area contributed by atoms with E-state index in [0.717, 1.165) is 12.8 Å². The number of hydrogen-bond donors (Lipinski definition) is 0. The fraction of sp³-hybridized carbons (Fsp3) is 0.613. The van der Waals surface area contributed by atoms with E-state index in [1.165, 1.54) is 67.5 Å². The first-order valence-corrected chi connectivity index (χ1v) is 16.5. The third kappa shape index (κ3) is 7.21. The molecule has 222 valence electrons. The van der Waals surface area contributed by atoms with Crippen molar-refractivity contribution in [2.45, 2.75) is 89.8 Å². The van der Waals surface area contributed by atoms with Crippen LogP contribution in [0.1, 0.15) is 89.5 Å².